The smallest absolute Gasteiger partial charge is 0.154 e. The van der Waals surface area contributed by atoms with Gasteiger partial charge >= 0.3 is 0 Å². The van der Waals surface area contributed by atoms with E-state index in [1.54, 1.807) is 13.8 Å². The Hall–Kier alpha value is -0.940. The van der Waals surface area contributed by atoms with Gasteiger partial charge in [0.2, 0.25) is 0 Å². The van der Waals surface area contributed by atoms with Crippen molar-refractivity contribution < 1.29 is 12.8 Å². The van der Waals surface area contributed by atoms with E-state index >= 15 is 0 Å². The molecule has 0 spiro atoms. The minimum Gasteiger partial charge on any atom is -0.309 e. The molecule has 0 radical (unpaired) electrons. The number of benzene rings is 1. The molecule has 0 saturated heterocycles. The van der Waals surface area contributed by atoms with E-state index in [2.05, 4.69) is 5.32 Å². The van der Waals surface area contributed by atoms with E-state index < -0.39 is 20.6 Å². The highest BCUT2D eigenvalue weighted by molar-refractivity contribution is 7.92. The maximum atomic E-state index is 14.4. The summed E-state index contributed by atoms with van der Waals surface area (Å²) in [6.07, 6.45) is 1.19. The molecule has 1 atom stereocenters. The van der Waals surface area contributed by atoms with Crippen molar-refractivity contribution >= 4 is 9.84 Å². The van der Waals surface area contributed by atoms with Crippen LogP contribution in [0.5, 0.6) is 0 Å². The first-order valence-electron chi connectivity index (χ1n) is 6.72. The minimum absolute atomic E-state index is 0.356. The summed E-state index contributed by atoms with van der Waals surface area (Å²) in [6, 6.07) is 2.75. The second-order valence-corrected chi connectivity index (χ2v) is 8.44. The maximum Gasteiger partial charge on any atom is 0.154 e. The van der Waals surface area contributed by atoms with Crippen molar-refractivity contribution in [2.24, 2.45) is 0 Å². The highest BCUT2D eigenvalue weighted by Crippen LogP contribution is 2.35. The predicted molar refractivity (Wildman–Crippen MR) is 81.2 cm³/mol. The Kier molecular flexibility index (Phi) is 4.98. The monoisotopic (exact) mass is 301 g/mol. The lowest BCUT2D eigenvalue weighted by atomic mass is 9.90. The molecule has 5 heteroatoms. The first kappa shape index (κ1) is 17.1. The molecule has 0 aromatic heterocycles. The average molecular weight is 301 g/mol. The molecule has 0 bridgehead atoms. The van der Waals surface area contributed by atoms with Gasteiger partial charge in [0.25, 0.3) is 0 Å². The van der Waals surface area contributed by atoms with E-state index in [4.69, 9.17) is 0 Å². The van der Waals surface area contributed by atoms with Crippen LogP contribution in [-0.4, -0.2) is 26.0 Å². The van der Waals surface area contributed by atoms with Crippen LogP contribution in [0.3, 0.4) is 0 Å². The molecule has 1 unspecified atom stereocenters. The third-order valence-electron chi connectivity index (χ3n) is 3.83. The van der Waals surface area contributed by atoms with Gasteiger partial charge in [-0.25, -0.2) is 12.8 Å². The molecule has 1 N–H and O–H groups in total. The fraction of sp³-hybridized carbons (Fsp3) is 0.600. The van der Waals surface area contributed by atoms with Crippen LogP contribution in [-0.2, 0) is 9.84 Å². The van der Waals surface area contributed by atoms with Crippen molar-refractivity contribution in [2.75, 3.05) is 12.8 Å². The lowest BCUT2D eigenvalue weighted by molar-refractivity contribution is 0.412. The lowest BCUT2D eigenvalue weighted by Gasteiger charge is -2.34. The standard InChI is InChI=1S/C15H24FNO2S/c1-7-17-14(15(4,5)20(6,18)19)13-11(3)8-10(2)9-12(13)16/h8-9,14,17H,7H2,1-6H3. The van der Waals surface area contributed by atoms with Crippen LogP contribution in [0.4, 0.5) is 4.39 Å². The number of hydrogen-bond donors (Lipinski definition) is 1. The second kappa shape index (κ2) is 5.82. The number of rotatable bonds is 5. The Bertz CT molecular complexity index is 571. The van der Waals surface area contributed by atoms with Gasteiger partial charge in [0.05, 0.1) is 10.8 Å². The topological polar surface area (TPSA) is 46.2 Å². The summed E-state index contributed by atoms with van der Waals surface area (Å²) in [7, 11) is -3.34. The van der Waals surface area contributed by atoms with Crippen molar-refractivity contribution in [1.82, 2.24) is 5.32 Å². The zero-order valence-electron chi connectivity index (χ0n) is 13.0. The summed E-state index contributed by atoms with van der Waals surface area (Å²) < 4.78 is 37.4. The zero-order valence-corrected chi connectivity index (χ0v) is 13.9. The number of nitrogens with one attached hydrogen (secondary N) is 1. The van der Waals surface area contributed by atoms with E-state index in [9.17, 15) is 12.8 Å². The average Bonchev–Trinajstić information content (AvgIpc) is 2.24. The van der Waals surface area contributed by atoms with E-state index in [1.165, 1.54) is 12.3 Å². The number of hydrogen-bond acceptors (Lipinski definition) is 3. The molecule has 0 aliphatic rings. The Morgan fingerprint density at radius 3 is 2.25 bits per heavy atom. The zero-order chi connectivity index (χ0) is 15.7. The molecule has 3 nitrogen and oxygen atoms in total. The summed E-state index contributed by atoms with van der Waals surface area (Å²) >= 11 is 0. The van der Waals surface area contributed by atoms with Gasteiger partial charge in [-0.1, -0.05) is 13.0 Å². The highest BCUT2D eigenvalue weighted by atomic mass is 32.2. The third-order valence-corrected chi connectivity index (χ3v) is 5.98. The van der Waals surface area contributed by atoms with E-state index in [0.29, 0.717) is 12.1 Å². The number of aryl methyl sites for hydroxylation is 2. The van der Waals surface area contributed by atoms with Crippen LogP contribution >= 0.6 is 0 Å². The minimum atomic E-state index is -3.34. The quantitative estimate of drug-likeness (QED) is 0.909. The first-order valence-corrected chi connectivity index (χ1v) is 8.61. The van der Waals surface area contributed by atoms with Gasteiger partial charge in [0, 0.05) is 11.8 Å². The molecule has 1 rings (SSSR count). The molecular weight excluding hydrogens is 277 g/mol. The molecule has 0 heterocycles. The fourth-order valence-corrected chi connectivity index (χ4v) is 3.04. The normalized spacial score (nSPS) is 14.3. The van der Waals surface area contributed by atoms with Gasteiger partial charge in [-0.2, -0.15) is 0 Å². The van der Waals surface area contributed by atoms with Crippen LogP contribution in [0.25, 0.3) is 0 Å². The van der Waals surface area contributed by atoms with Crippen LogP contribution in [0.1, 0.15) is 43.5 Å². The molecule has 0 amide bonds. The Morgan fingerprint density at radius 1 is 1.30 bits per heavy atom. The van der Waals surface area contributed by atoms with Crippen molar-refractivity contribution in [2.45, 2.75) is 45.4 Å². The molecule has 0 aliphatic heterocycles. The summed E-state index contributed by atoms with van der Waals surface area (Å²) in [5.41, 5.74) is 2.04. The van der Waals surface area contributed by atoms with Crippen LogP contribution < -0.4 is 5.32 Å². The van der Waals surface area contributed by atoms with Crippen LogP contribution in [0.15, 0.2) is 12.1 Å². The fourth-order valence-electron chi connectivity index (χ4n) is 2.41. The molecular formula is C15H24FNO2S. The van der Waals surface area contributed by atoms with Crippen molar-refractivity contribution in [3.63, 3.8) is 0 Å². The largest absolute Gasteiger partial charge is 0.309 e. The maximum absolute atomic E-state index is 14.4. The first-order chi connectivity index (χ1) is 9.02. The Balaban J connectivity index is 3.51. The van der Waals surface area contributed by atoms with E-state index in [-0.39, 0.29) is 5.82 Å². The van der Waals surface area contributed by atoms with E-state index in [1.807, 2.05) is 26.8 Å². The number of sulfone groups is 1. The summed E-state index contributed by atoms with van der Waals surface area (Å²) in [5.74, 6) is -0.356. The molecule has 1 aromatic rings. The van der Waals surface area contributed by atoms with Gasteiger partial charge in [-0.05, 0) is 51.4 Å². The summed E-state index contributed by atoms with van der Waals surface area (Å²) in [4.78, 5) is 0. The molecule has 0 fully saturated rings. The van der Waals surface area contributed by atoms with Gasteiger partial charge < -0.3 is 5.32 Å². The molecule has 114 valence electrons. The molecule has 0 aliphatic carbocycles. The number of halogens is 1. The lowest BCUT2D eigenvalue weighted by Crippen LogP contribution is -2.45. The van der Waals surface area contributed by atoms with Crippen molar-refractivity contribution in [1.29, 1.82) is 0 Å². The van der Waals surface area contributed by atoms with Gasteiger partial charge in [0.15, 0.2) is 9.84 Å². The predicted octanol–water partition coefficient (Wildman–Crippen LogP) is 2.92. The van der Waals surface area contributed by atoms with Gasteiger partial charge in [-0.15, -0.1) is 0 Å². The summed E-state index contributed by atoms with van der Waals surface area (Å²) in [6.45, 7) is 9.35. The SMILES string of the molecule is CCNC(c1c(C)cc(C)cc1F)C(C)(C)S(C)(=O)=O. The Morgan fingerprint density at radius 2 is 1.85 bits per heavy atom. The molecule has 20 heavy (non-hydrogen) atoms. The summed E-state index contributed by atoms with van der Waals surface area (Å²) in [5, 5.41) is 3.13. The van der Waals surface area contributed by atoms with Gasteiger partial charge in [0.1, 0.15) is 5.82 Å². The van der Waals surface area contributed by atoms with Crippen molar-refractivity contribution in [3.05, 3.63) is 34.6 Å². The second-order valence-electron chi connectivity index (χ2n) is 5.84. The third kappa shape index (κ3) is 3.20. The Labute approximate surface area is 121 Å². The van der Waals surface area contributed by atoms with E-state index in [0.717, 1.165) is 11.1 Å². The van der Waals surface area contributed by atoms with Crippen LogP contribution in [0.2, 0.25) is 0 Å². The van der Waals surface area contributed by atoms with Crippen molar-refractivity contribution in [3.8, 4) is 0 Å². The molecule has 0 saturated carbocycles. The van der Waals surface area contributed by atoms with Crippen LogP contribution in [0, 0.1) is 19.7 Å². The molecule has 1 aromatic carbocycles. The van der Waals surface area contributed by atoms with Gasteiger partial charge in [-0.3, -0.25) is 0 Å². The highest BCUT2D eigenvalue weighted by Gasteiger charge is 2.41.